The van der Waals surface area contributed by atoms with E-state index in [0.717, 1.165) is 23.6 Å². The molecule has 0 radical (unpaired) electrons. The molecule has 0 amide bonds. The molecule has 11 heavy (non-hydrogen) atoms. The first-order chi connectivity index (χ1) is 5.33. The standard InChI is InChI=1S/C6H10N2S.C2H6/c1-5-4-6(2-3-9)8-7-5;1-2/h4,9H,2-3H2,1H3,(H,7,8);1-2H3. The molecule has 0 aliphatic carbocycles. The highest BCUT2D eigenvalue weighted by molar-refractivity contribution is 7.80. The van der Waals surface area contributed by atoms with Crippen molar-refractivity contribution in [3.05, 3.63) is 17.5 Å². The molecule has 1 aromatic rings. The Labute approximate surface area is 73.8 Å². The second kappa shape index (κ2) is 6.28. The lowest BCUT2D eigenvalue weighted by Crippen LogP contribution is -1.84. The van der Waals surface area contributed by atoms with Gasteiger partial charge in [-0.05, 0) is 18.7 Å². The fraction of sp³-hybridized carbons (Fsp3) is 0.625. The van der Waals surface area contributed by atoms with Crippen LogP contribution in [0, 0.1) is 6.92 Å². The predicted octanol–water partition coefficient (Wildman–Crippen LogP) is 2.22. The van der Waals surface area contributed by atoms with E-state index in [1.54, 1.807) is 0 Å². The Kier molecular flexibility index (Phi) is 6.03. The van der Waals surface area contributed by atoms with Crippen molar-refractivity contribution in [2.75, 3.05) is 5.75 Å². The minimum atomic E-state index is 0.865. The van der Waals surface area contributed by atoms with Gasteiger partial charge in [0.1, 0.15) is 0 Å². The molecule has 1 aromatic heterocycles. The van der Waals surface area contributed by atoms with Gasteiger partial charge in [-0.15, -0.1) is 0 Å². The third-order valence-electron chi connectivity index (χ3n) is 1.13. The summed E-state index contributed by atoms with van der Waals surface area (Å²) >= 11 is 4.09. The summed E-state index contributed by atoms with van der Waals surface area (Å²) in [4.78, 5) is 0. The van der Waals surface area contributed by atoms with Crippen molar-refractivity contribution in [2.24, 2.45) is 0 Å². The van der Waals surface area contributed by atoms with Gasteiger partial charge in [-0.3, -0.25) is 5.10 Å². The molecule has 1 heterocycles. The zero-order chi connectivity index (χ0) is 8.69. The Balaban J connectivity index is 0.000000461. The van der Waals surface area contributed by atoms with Gasteiger partial charge in [0.2, 0.25) is 0 Å². The van der Waals surface area contributed by atoms with Crippen molar-refractivity contribution in [2.45, 2.75) is 27.2 Å². The van der Waals surface area contributed by atoms with Crippen LogP contribution in [0.4, 0.5) is 0 Å². The maximum Gasteiger partial charge on any atom is 0.0633 e. The van der Waals surface area contributed by atoms with Crippen LogP contribution in [0.5, 0.6) is 0 Å². The lowest BCUT2D eigenvalue weighted by Gasteiger charge is -1.84. The van der Waals surface area contributed by atoms with E-state index >= 15 is 0 Å². The first kappa shape index (κ1) is 10.6. The summed E-state index contributed by atoms with van der Waals surface area (Å²) in [5.41, 5.74) is 2.22. The Morgan fingerprint density at radius 2 is 2.18 bits per heavy atom. The summed E-state index contributed by atoms with van der Waals surface area (Å²) in [6, 6.07) is 2.04. The van der Waals surface area contributed by atoms with Gasteiger partial charge in [0.15, 0.2) is 0 Å². The molecule has 0 aliphatic rings. The van der Waals surface area contributed by atoms with E-state index < -0.39 is 0 Å². The zero-order valence-corrected chi connectivity index (χ0v) is 8.28. The van der Waals surface area contributed by atoms with Crippen LogP contribution in [-0.2, 0) is 6.42 Å². The van der Waals surface area contributed by atoms with E-state index in [9.17, 15) is 0 Å². The fourth-order valence-corrected chi connectivity index (χ4v) is 0.946. The number of hydrogen-bond acceptors (Lipinski definition) is 2. The van der Waals surface area contributed by atoms with Gasteiger partial charge in [0.05, 0.1) is 5.69 Å². The summed E-state index contributed by atoms with van der Waals surface area (Å²) in [6.07, 6.45) is 0.952. The number of aromatic nitrogens is 2. The molecule has 0 bridgehead atoms. The van der Waals surface area contributed by atoms with Crippen molar-refractivity contribution < 1.29 is 0 Å². The Hall–Kier alpha value is -0.440. The van der Waals surface area contributed by atoms with Crippen LogP contribution in [0.2, 0.25) is 0 Å². The highest BCUT2D eigenvalue weighted by Crippen LogP contribution is 1.98. The molecule has 0 spiro atoms. The van der Waals surface area contributed by atoms with Crippen LogP contribution >= 0.6 is 12.6 Å². The number of thiol groups is 1. The molecule has 0 saturated carbocycles. The molecule has 3 heteroatoms. The summed E-state index contributed by atoms with van der Waals surface area (Å²) in [6.45, 7) is 6.00. The fourth-order valence-electron chi connectivity index (χ4n) is 0.717. The van der Waals surface area contributed by atoms with E-state index in [0.29, 0.717) is 0 Å². The smallest absolute Gasteiger partial charge is 0.0633 e. The first-order valence-corrected chi connectivity index (χ1v) is 4.58. The Morgan fingerprint density at radius 3 is 2.55 bits per heavy atom. The third-order valence-corrected chi connectivity index (χ3v) is 1.35. The summed E-state index contributed by atoms with van der Waals surface area (Å²) in [5.74, 6) is 0.865. The van der Waals surface area contributed by atoms with Crippen molar-refractivity contribution in [1.82, 2.24) is 10.2 Å². The quantitative estimate of drug-likeness (QED) is 0.658. The van der Waals surface area contributed by atoms with E-state index in [-0.39, 0.29) is 0 Å². The normalized spacial score (nSPS) is 8.73. The SMILES string of the molecule is CC.Cc1cc(CCS)n[nH]1. The molecule has 0 saturated heterocycles. The van der Waals surface area contributed by atoms with Gasteiger partial charge in [0.25, 0.3) is 0 Å². The first-order valence-electron chi connectivity index (χ1n) is 3.94. The molecule has 0 unspecified atom stereocenters. The van der Waals surface area contributed by atoms with Crippen LogP contribution in [0.15, 0.2) is 6.07 Å². The van der Waals surface area contributed by atoms with Gasteiger partial charge in [-0.2, -0.15) is 17.7 Å². The van der Waals surface area contributed by atoms with Crippen molar-refractivity contribution >= 4 is 12.6 Å². The van der Waals surface area contributed by atoms with Crippen molar-refractivity contribution in [3.8, 4) is 0 Å². The average molecular weight is 172 g/mol. The second-order valence-corrected chi connectivity index (χ2v) is 2.46. The molecule has 64 valence electrons. The van der Waals surface area contributed by atoms with E-state index in [1.165, 1.54) is 0 Å². The van der Waals surface area contributed by atoms with Gasteiger partial charge in [-0.1, -0.05) is 13.8 Å². The number of rotatable bonds is 2. The average Bonchev–Trinajstić information content (AvgIpc) is 2.41. The topological polar surface area (TPSA) is 28.7 Å². The molecule has 1 N–H and O–H groups in total. The number of H-pyrrole nitrogens is 1. The molecular weight excluding hydrogens is 156 g/mol. The Morgan fingerprint density at radius 1 is 1.55 bits per heavy atom. The maximum atomic E-state index is 4.09. The molecule has 1 rings (SSSR count). The molecule has 0 aromatic carbocycles. The molecule has 2 nitrogen and oxygen atoms in total. The monoisotopic (exact) mass is 172 g/mol. The number of nitrogens with zero attached hydrogens (tertiary/aromatic N) is 1. The van der Waals surface area contributed by atoms with Crippen LogP contribution < -0.4 is 0 Å². The number of hydrogen-bond donors (Lipinski definition) is 2. The second-order valence-electron chi connectivity index (χ2n) is 2.02. The number of aryl methyl sites for hydroxylation is 2. The molecule has 0 atom stereocenters. The highest BCUT2D eigenvalue weighted by atomic mass is 32.1. The van der Waals surface area contributed by atoms with Gasteiger partial charge >= 0.3 is 0 Å². The van der Waals surface area contributed by atoms with Crippen LogP contribution in [0.1, 0.15) is 25.2 Å². The van der Waals surface area contributed by atoms with Crippen molar-refractivity contribution in [1.29, 1.82) is 0 Å². The number of nitrogens with one attached hydrogen (secondary N) is 1. The third kappa shape index (κ3) is 4.09. The minimum Gasteiger partial charge on any atom is -0.283 e. The largest absolute Gasteiger partial charge is 0.283 e. The van der Waals surface area contributed by atoms with Crippen molar-refractivity contribution in [3.63, 3.8) is 0 Å². The minimum absolute atomic E-state index is 0.865. The van der Waals surface area contributed by atoms with Gasteiger partial charge in [-0.25, -0.2) is 0 Å². The van der Waals surface area contributed by atoms with E-state index in [4.69, 9.17) is 0 Å². The van der Waals surface area contributed by atoms with E-state index in [1.807, 2.05) is 26.8 Å². The summed E-state index contributed by atoms with van der Waals surface area (Å²) in [5, 5.41) is 6.90. The molecule has 0 fully saturated rings. The van der Waals surface area contributed by atoms with Crippen LogP contribution in [0.25, 0.3) is 0 Å². The summed E-state index contributed by atoms with van der Waals surface area (Å²) < 4.78 is 0. The molecular formula is C8H16N2S. The van der Waals surface area contributed by atoms with Gasteiger partial charge < -0.3 is 0 Å². The van der Waals surface area contributed by atoms with Crippen LogP contribution in [0.3, 0.4) is 0 Å². The molecule has 0 aliphatic heterocycles. The lowest BCUT2D eigenvalue weighted by molar-refractivity contribution is 0.969. The predicted molar refractivity (Wildman–Crippen MR) is 52.2 cm³/mol. The zero-order valence-electron chi connectivity index (χ0n) is 7.39. The Bertz CT molecular complexity index is 184. The number of aromatic amines is 1. The highest BCUT2D eigenvalue weighted by Gasteiger charge is 1.93. The lowest BCUT2D eigenvalue weighted by atomic mass is 10.3. The van der Waals surface area contributed by atoms with E-state index in [2.05, 4.69) is 22.8 Å². The van der Waals surface area contributed by atoms with Crippen LogP contribution in [-0.4, -0.2) is 16.0 Å². The maximum absolute atomic E-state index is 4.09. The van der Waals surface area contributed by atoms with Gasteiger partial charge in [0, 0.05) is 12.1 Å². The summed E-state index contributed by atoms with van der Waals surface area (Å²) in [7, 11) is 0.